The number of hydrazone groups is 1. The summed E-state index contributed by atoms with van der Waals surface area (Å²) in [5.74, 6) is -0.658. The van der Waals surface area contributed by atoms with Crippen LogP contribution in [0.3, 0.4) is 0 Å². The molecule has 0 aliphatic carbocycles. The molecule has 0 radical (unpaired) electrons. The average molecular weight is 628 g/mol. The molecule has 0 aromatic heterocycles. The maximum atomic E-state index is 13.8. The Balaban J connectivity index is 1.57. The van der Waals surface area contributed by atoms with Crippen molar-refractivity contribution in [3.63, 3.8) is 0 Å². The fourth-order valence-corrected chi connectivity index (χ4v) is 4.76. The number of hydrogen-bond donors (Lipinski definition) is 3. The van der Waals surface area contributed by atoms with E-state index in [4.69, 9.17) is 23.2 Å². The minimum Gasteiger partial charge on any atom is -0.306 e. The van der Waals surface area contributed by atoms with Crippen LogP contribution in [0.4, 0.5) is 26.7 Å². The van der Waals surface area contributed by atoms with Gasteiger partial charge in [-0.15, -0.1) is 0 Å². The highest BCUT2D eigenvalue weighted by molar-refractivity contribution is 6.31. The van der Waals surface area contributed by atoms with Crippen molar-refractivity contribution in [2.45, 2.75) is 32.5 Å². The number of rotatable bonds is 8. The van der Waals surface area contributed by atoms with Gasteiger partial charge in [-0.25, -0.2) is 15.0 Å². The van der Waals surface area contributed by atoms with E-state index >= 15 is 0 Å². The Morgan fingerprint density at radius 3 is 2.14 bits per heavy atom. The monoisotopic (exact) mass is 627 g/mol. The Kier molecular flexibility index (Phi) is 9.19. The number of hydrogen-bond acceptors (Lipinski definition) is 7. The van der Waals surface area contributed by atoms with Crippen LogP contribution in [0, 0.1) is 10.1 Å². The number of benzene rings is 3. The summed E-state index contributed by atoms with van der Waals surface area (Å²) in [7, 11) is 0. The number of carbonyl (C=O) groups is 3. The Morgan fingerprint density at radius 1 is 1.02 bits per heavy atom. The summed E-state index contributed by atoms with van der Waals surface area (Å²) >= 11 is 12.0. The molecule has 1 saturated heterocycles. The molecule has 1 atom stereocenters. The van der Waals surface area contributed by atoms with Crippen molar-refractivity contribution in [1.82, 2.24) is 15.4 Å². The third kappa shape index (κ3) is 6.85. The summed E-state index contributed by atoms with van der Waals surface area (Å²) in [5.41, 5.74) is 2.58. The van der Waals surface area contributed by atoms with Crippen LogP contribution in [0.5, 0.6) is 0 Å². The van der Waals surface area contributed by atoms with Crippen LogP contribution < -0.4 is 15.6 Å². The van der Waals surface area contributed by atoms with Crippen LogP contribution in [-0.2, 0) is 4.79 Å². The van der Waals surface area contributed by atoms with E-state index in [0.717, 1.165) is 0 Å². The fraction of sp³-hybridized carbons (Fsp3) is 0.214. The molecule has 224 valence electrons. The maximum Gasteiger partial charge on any atom is 0.347 e. The molecular weight excluding hydrogens is 601 g/mol. The number of carbonyl (C=O) groups excluding carboxylic acids is 3. The Hall–Kier alpha value is -4.72. The smallest absolute Gasteiger partial charge is 0.306 e. The molecule has 1 aliphatic heterocycles. The molecule has 0 spiro atoms. The van der Waals surface area contributed by atoms with Gasteiger partial charge in [-0.05, 0) is 87.0 Å². The second kappa shape index (κ2) is 12.7. The highest BCUT2D eigenvalue weighted by atomic mass is 35.5. The molecule has 4 rings (SSSR count). The van der Waals surface area contributed by atoms with E-state index in [1.165, 1.54) is 34.1 Å². The molecule has 13 nitrogen and oxygen atoms in total. The average Bonchev–Trinajstić information content (AvgIpc) is 3.17. The van der Waals surface area contributed by atoms with Gasteiger partial charge in [0.15, 0.2) is 6.17 Å². The predicted octanol–water partition coefficient (Wildman–Crippen LogP) is 5.71. The summed E-state index contributed by atoms with van der Waals surface area (Å²) < 4.78 is 0. The third-order valence-electron chi connectivity index (χ3n) is 6.80. The second-order valence-electron chi connectivity index (χ2n) is 10.1. The molecule has 1 unspecified atom stereocenters. The zero-order valence-electron chi connectivity index (χ0n) is 23.2. The molecule has 3 aromatic rings. The van der Waals surface area contributed by atoms with Crippen molar-refractivity contribution in [2.24, 2.45) is 5.10 Å². The van der Waals surface area contributed by atoms with Gasteiger partial charge in [-0.2, -0.15) is 10.2 Å². The van der Waals surface area contributed by atoms with Crippen LogP contribution in [0.1, 0.15) is 26.3 Å². The number of hydroxylamine groups is 2. The first-order valence-corrected chi connectivity index (χ1v) is 13.5. The molecule has 3 N–H and O–H groups in total. The molecule has 5 amide bonds. The van der Waals surface area contributed by atoms with Crippen molar-refractivity contribution in [3.05, 3.63) is 98.5 Å². The third-order valence-corrected chi connectivity index (χ3v) is 7.30. The van der Waals surface area contributed by atoms with Gasteiger partial charge in [0.2, 0.25) is 0 Å². The zero-order chi connectivity index (χ0) is 31.5. The number of anilines is 2. The van der Waals surface area contributed by atoms with Crippen LogP contribution >= 0.6 is 23.2 Å². The maximum absolute atomic E-state index is 13.8. The standard InChI is InChI=1S/C28H27Cl2N7O6/c1-17(18-4-12-23(13-5-18)37(42)43)32-33-24(38)16-34-27(40)35(22-14-8-20(30)9-15-22)25(28(34,2)3)36(41)26(39)31-21-10-6-19(29)7-11-21/h4-15,25,41H,16H2,1-3H3,(H,31,39)(H,33,38)/b32-17-. The van der Waals surface area contributed by atoms with Crippen molar-refractivity contribution >= 4 is 63.9 Å². The van der Waals surface area contributed by atoms with Crippen molar-refractivity contribution in [2.75, 3.05) is 16.8 Å². The van der Waals surface area contributed by atoms with Gasteiger partial charge < -0.3 is 10.2 Å². The second-order valence-corrected chi connectivity index (χ2v) is 10.9. The van der Waals surface area contributed by atoms with Crippen molar-refractivity contribution < 1.29 is 24.5 Å². The number of nitro groups is 1. The van der Waals surface area contributed by atoms with Gasteiger partial charge in [0.05, 0.1) is 16.2 Å². The summed E-state index contributed by atoms with van der Waals surface area (Å²) in [6.45, 7) is 4.33. The molecule has 1 aliphatic rings. The Bertz CT molecular complexity index is 1560. The minimum atomic E-state index is -1.31. The van der Waals surface area contributed by atoms with E-state index < -0.39 is 41.1 Å². The number of nitrogens with zero attached hydrogens (tertiary/aromatic N) is 5. The first kappa shape index (κ1) is 31.2. The highest BCUT2D eigenvalue weighted by Gasteiger charge is 2.56. The zero-order valence-corrected chi connectivity index (χ0v) is 24.7. The van der Waals surface area contributed by atoms with E-state index in [2.05, 4.69) is 15.8 Å². The van der Waals surface area contributed by atoms with Crippen LogP contribution in [-0.4, -0.2) is 62.0 Å². The molecule has 3 aromatic carbocycles. The number of nitrogens with one attached hydrogen (secondary N) is 2. The van der Waals surface area contributed by atoms with E-state index in [1.807, 2.05) is 0 Å². The largest absolute Gasteiger partial charge is 0.347 e. The molecule has 0 saturated carbocycles. The van der Waals surface area contributed by atoms with Crippen LogP contribution in [0.25, 0.3) is 0 Å². The molecule has 0 bridgehead atoms. The first-order valence-electron chi connectivity index (χ1n) is 12.8. The van der Waals surface area contributed by atoms with Crippen molar-refractivity contribution in [3.8, 4) is 0 Å². The summed E-state index contributed by atoms with van der Waals surface area (Å²) in [6.07, 6.45) is -1.29. The molecular formula is C28H27Cl2N7O6. The first-order chi connectivity index (χ1) is 20.3. The lowest BCUT2D eigenvalue weighted by Crippen LogP contribution is -2.58. The summed E-state index contributed by atoms with van der Waals surface area (Å²) in [5, 5.41) is 29.9. The van der Waals surface area contributed by atoms with Gasteiger partial charge in [0, 0.05) is 33.6 Å². The Labute approximate surface area is 256 Å². The van der Waals surface area contributed by atoms with E-state index in [0.29, 0.717) is 37.8 Å². The van der Waals surface area contributed by atoms with E-state index in [-0.39, 0.29) is 5.69 Å². The predicted molar refractivity (Wildman–Crippen MR) is 161 cm³/mol. The topological polar surface area (TPSA) is 161 Å². The van der Waals surface area contributed by atoms with Gasteiger partial charge in [-0.3, -0.25) is 25.0 Å². The van der Waals surface area contributed by atoms with Gasteiger partial charge in [-0.1, -0.05) is 23.2 Å². The normalized spacial score (nSPS) is 16.2. The van der Waals surface area contributed by atoms with Gasteiger partial charge >= 0.3 is 12.1 Å². The van der Waals surface area contributed by atoms with E-state index in [9.17, 15) is 29.7 Å². The quantitative estimate of drug-likeness (QED) is 0.125. The van der Waals surface area contributed by atoms with Crippen LogP contribution in [0.2, 0.25) is 10.0 Å². The molecule has 15 heteroatoms. The van der Waals surface area contributed by atoms with Crippen molar-refractivity contribution in [1.29, 1.82) is 0 Å². The number of halogens is 2. The Morgan fingerprint density at radius 2 is 1.58 bits per heavy atom. The lowest BCUT2D eigenvalue weighted by Gasteiger charge is -2.38. The minimum absolute atomic E-state index is 0.0880. The van der Waals surface area contributed by atoms with Gasteiger partial charge in [0.1, 0.15) is 6.54 Å². The SMILES string of the molecule is C/C(=N/NC(=O)CN1C(=O)N(c2ccc(Cl)cc2)C(N(O)C(=O)Nc2ccc(Cl)cc2)C1(C)C)c1ccc([N+](=O)[O-])cc1. The lowest BCUT2D eigenvalue weighted by molar-refractivity contribution is -0.384. The van der Waals surface area contributed by atoms with Crippen LogP contribution in [0.15, 0.2) is 77.9 Å². The van der Waals surface area contributed by atoms with E-state index in [1.54, 1.807) is 69.3 Å². The fourth-order valence-electron chi connectivity index (χ4n) is 4.51. The lowest BCUT2D eigenvalue weighted by atomic mass is 9.99. The number of urea groups is 2. The molecule has 43 heavy (non-hydrogen) atoms. The molecule has 1 fully saturated rings. The number of amides is 5. The number of nitro benzene ring substituents is 1. The summed E-state index contributed by atoms with van der Waals surface area (Å²) in [6, 6.07) is 16.5. The number of non-ortho nitro benzene ring substituents is 1. The van der Waals surface area contributed by atoms with Gasteiger partial charge in [0.25, 0.3) is 11.6 Å². The molecule has 1 heterocycles. The highest BCUT2D eigenvalue weighted by Crippen LogP contribution is 2.38. The summed E-state index contributed by atoms with van der Waals surface area (Å²) in [4.78, 5) is 52.7.